The molecule has 1 unspecified atom stereocenters. The Kier molecular flexibility index (Phi) is 7.14. The van der Waals surface area contributed by atoms with Crippen LogP contribution in [0.25, 0.3) is 10.9 Å². The number of likely N-dealkylation sites (N-methyl/N-ethyl adjacent to an activating group) is 1. The second kappa shape index (κ2) is 10.3. The highest BCUT2D eigenvalue weighted by Gasteiger charge is 2.35. The number of hydrogen-bond acceptors (Lipinski definition) is 7. The summed E-state index contributed by atoms with van der Waals surface area (Å²) >= 11 is 0. The van der Waals surface area contributed by atoms with Crippen molar-refractivity contribution in [1.29, 1.82) is 0 Å². The number of anilines is 1. The highest BCUT2D eigenvalue weighted by atomic mass is 32.2. The number of amides is 1. The van der Waals surface area contributed by atoms with E-state index in [4.69, 9.17) is 4.74 Å². The van der Waals surface area contributed by atoms with Gasteiger partial charge in [-0.15, -0.1) is 5.10 Å². The summed E-state index contributed by atoms with van der Waals surface area (Å²) in [6.45, 7) is 6.17. The van der Waals surface area contributed by atoms with Crippen molar-refractivity contribution >= 4 is 32.7 Å². The van der Waals surface area contributed by atoms with Crippen molar-refractivity contribution in [3.05, 3.63) is 51.2 Å². The van der Waals surface area contributed by atoms with E-state index < -0.39 is 27.3 Å². The van der Waals surface area contributed by atoms with Gasteiger partial charge in [0.15, 0.2) is 11.6 Å². The van der Waals surface area contributed by atoms with E-state index in [9.17, 15) is 22.4 Å². The molecule has 2 aliphatic heterocycles. The van der Waals surface area contributed by atoms with E-state index >= 15 is 0 Å². The van der Waals surface area contributed by atoms with Gasteiger partial charge in [0, 0.05) is 38.3 Å². The van der Waals surface area contributed by atoms with Crippen molar-refractivity contribution in [3.8, 4) is 5.75 Å². The zero-order valence-corrected chi connectivity index (χ0v) is 23.3. The normalized spacial score (nSPS) is 20.2. The molecule has 1 N–H and O–H groups in total. The highest BCUT2D eigenvalue weighted by Crippen LogP contribution is 2.41. The number of sulfonamides is 1. The molecule has 13 heteroatoms. The van der Waals surface area contributed by atoms with Gasteiger partial charge in [-0.1, -0.05) is 13.0 Å². The second-order valence-electron chi connectivity index (χ2n) is 10.1. The first-order chi connectivity index (χ1) is 18.6. The van der Waals surface area contributed by atoms with Crippen LogP contribution >= 0.6 is 0 Å². The van der Waals surface area contributed by atoms with E-state index in [2.05, 4.69) is 22.2 Å². The molecule has 11 nitrogen and oxygen atoms in total. The Morgan fingerprint density at radius 1 is 1.21 bits per heavy atom. The molecule has 1 aromatic carbocycles. The van der Waals surface area contributed by atoms with Crippen molar-refractivity contribution < 1.29 is 22.3 Å². The number of fused-ring (bicyclic) bond motifs is 7. The van der Waals surface area contributed by atoms with Gasteiger partial charge in [-0.2, -0.15) is 0 Å². The van der Waals surface area contributed by atoms with Crippen LogP contribution in [-0.2, 0) is 23.1 Å². The Balaban J connectivity index is 1.84. The van der Waals surface area contributed by atoms with Crippen LogP contribution in [0.2, 0.25) is 0 Å². The summed E-state index contributed by atoms with van der Waals surface area (Å²) in [6, 6.07) is 3.72. The summed E-state index contributed by atoms with van der Waals surface area (Å²) in [5.41, 5.74) is 1.16. The summed E-state index contributed by atoms with van der Waals surface area (Å²) < 4.78 is 51.1. The molecule has 1 amide bonds. The highest BCUT2D eigenvalue weighted by molar-refractivity contribution is 7.92. The summed E-state index contributed by atoms with van der Waals surface area (Å²) in [5.74, 6) is -0.765. The maximum absolute atomic E-state index is 14.2. The minimum absolute atomic E-state index is 0.0787. The number of carbonyl (C=O) groups excluding carboxylic acids is 1. The maximum Gasteiger partial charge on any atom is 0.280 e. The summed E-state index contributed by atoms with van der Waals surface area (Å²) in [7, 11) is -0.884. The van der Waals surface area contributed by atoms with Crippen LogP contribution in [0.15, 0.2) is 23.0 Å². The Hall–Kier alpha value is -3.45. The molecule has 39 heavy (non-hydrogen) atoms. The van der Waals surface area contributed by atoms with Crippen LogP contribution in [0.4, 0.5) is 10.2 Å². The maximum atomic E-state index is 14.2. The molecule has 0 saturated carbocycles. The molecule has 0 fully saturated rings. The van der Waals surface area contributed by atoms with Gasteiger partial charge >= 0.3 is 0 Å². The fourth-order valence-corrected chi connectivity index (χ4v) is 6.78. The molecule has 0 saturated heterocycles. The first-order valence-corrected chi connectivity index (χ1v) is 14.7. The van der Waals surface area contributed by atoms with Crippen molar-refractivity contribution in [1.82, 2.24) is 24.6 Å². The van der Waals surface area contributed by atoms with E-state index in [1.54, 1.807) is 0 Å². The van der Waals surface area contributed by atoms with Gasteiger partial charge in [0.25, 0.3) is 11.5 Å². The molecule has 0 radical (unpaired) electrons. The molecule has 0 spiro atoms. The molecule has 4 heterocycles. The zero-order chi connectivity index (χ0) is 28.1. The first kappa shape index (κ1) is 27.1. The Morgan fingerprint density at radius 2 is 1.97 bits per heavy atom. The number of benzene rings is 1. The van der Waals surface area contributed by atoms with Crippen LogP contribution in [0.1, 0.15) is 54.3 Å². The smallest absolute Gasteiger partial charge is 0.280 e. The van der Waals surface area contributed by atoms with Crippen LogP contribution in [-0.4, -0.2) is 73.1 Å². The molecular formula is C26H33FN6O5S. The predicted molar refractivity (Wildman–Crippen MR) is 145 cm³/mol. The van der Waals surface area contributed by atoms with Gasteiger partial charge in [0.2, 0.25) is 10.0 Å². The van der Waals surface area contributed by atoms with Gasteiger partial charge in [0.05, 0.1) is 25.1 Å². The van der Waals surface area contributed by atoms with Gasteiger partial charge in [-0.05, 0) is 44.0 Å². The van der Waals surface area contributed by atoms with E-state index in [-0.39, 0.29) is 41.7 Å². The van der Waals surface area contributed by atoms with Gasteiger partial charge in [-0.3, -0.25) is 18.8 Å². The summed E-state index contributed by atoms with van der Waals surface area (Å²) in [6.07, 6.45) is 0.715. The van der Waals surface area contributed by atoms with Crippen molar-refractivity contribution in [3.63, 3.8) is 0 Å². The van der Waals surface area contributed by atoms with Crippen LogP contribution < -0.4 is 19.9 Å². The lowest BCUT2D eigenvalue weighted by Gasteiger charge is -2.33. The fourth-order valence-electron chi connectivity index (χ4n) is 5.55. The number of carbonyl (C=O) groups is 1. The second-order valence-corrected chi connectivity index (χ2v) is 12.2. The number of nitrogens with one attached hydrogen (secondary N) is 1. The summed E-state index contributed by atoms with van der Waals surface area (Å²) in [4.78, 5) is 29.2. The Labute approximate surface area is 226 Å². The minimum Gasteiger partial charge on any atom is -0.494 e. The van der Waals surface area contributed by atoms with E-state index in [0.717, 1.165) is 27.3 Å². The molecule has 2 aliphatic rings. The standard InChI is InChI=1S/C26H33FN6O5S/c1-5-31-13-16(2)33-20(15-31)23(38-4)21-22(33)24-29-32(26(21)35)14-17-8-9-18(27)12-19(17)25(34)28-10-6-7-11-39(36,37)30(24)3/h8-9,12,16H,5-7,10-11,13-15H2,1-4H3,(H,28,34). The topological polar surface area (TPSA) is 119 Å². The molecule has 210 valence electrons. The molecule has 0 aliphatic carbocycles. The lowest BCUT2D eigenvalue weighted by atomic mass is 10.1. The minimum atomic E-state index is -3.82. The zero-order valence-electron chi connectivity index (χ0n) is 22.5. The van der Waals surface area contributed by atoms with Crippen molar-refractivity contribution in [2.24, 2.45) is 0 Å². The number of halogens is 1. The quantitative estimate of drug-likeness (QED) is 0.510. The Morgan fingerprint density at radius 3 is 2.69 bits per heavy atom. The number of rotatable bonds is 2. The Bertz CT molecular complexity index is 1620. The van der Waals surface area contributed by atoms with E-state index in [1.165, 1.54) is 26.3 Å². The number of aromatic nitrogens is 3. The molecule has 2 bridgehead atoms. The molecule has 2 aromatic heterocycles. The third kappa shape index (κ3) is 4.67. The number of methoxy groups -OCH3 is 1. The van der Waals surface area contributed by atoms with Gasteiger partial charge in [0.1, 0.15) is 16.7 Å². The monoisotopic (exact) mass is 560 g/mol. The van der Waals surface area contributed by atoms with Crippen molar-refractivity contribution in [2.75, 3.05) is 43.8 Å². The van der Waals surface area contributed by atoms with Crippen molar-refractivity contribution in [2.45, 2.75) is 45.8 Å². The molecule has 5 rings (SSSR count). The lowest BCUT2D eigenvalue weighted by Crippen LogP contribution is -2.37. The number of nitrogens with zero attached hydrogens (tertiary/aromatic N) is 5. The third-order valence-corrected chi connectivity index (χ3v) is 9.40. The number of ether oxygens (including phenoxy) is 1. The predicted octanol–water partition coefficient (Wildman–Crippen LogP) is 2.08. The van der Waals surface area contributed by atoms with Crippen LogP contribution in [0.5, 0.6) is 5.75 Å². The van der Waals surface area contributed by atoms with Gasteiger partial charge in [-0.25, -0.2) is 17.5 Å². The average molecular weight is 561 g/mol. The fraction of sp³-hybridized carbons (Fsp3) is 0.500. The van der Waals surface area contributed by atoms with E-state index in [0.29, 0.717) is 42.8 Å². The average Bonchev–Trinajstić information content (AvgIpc) is 3.24. The third-order valence-electron chi connectivity index (χ3n) is 7.59. The van der Waals surface area contributed by atoms with E-state index in [1.807, 2.05) is 11.5 Å². The van der Waals surface area contributed by atoms with Gasteiger partial charge < -0.3 is 14.6 Å². The lowest BCUT2D eigenvalue weighted by molar-refractivity contribution is 0.0951. The first-order valence-electron chi connectivity index (χ1n) is 13.0. The summed E-state index contributed by atoms with van der Waals surface area (Å²) in [5, 5.41) is 7.53. The molecule has 3 aromatic rings. The molecule has 1 atom stereocenters. The number of hydrogen-bond donors (Lipinski definition) is 1. The van der Waals surface area contributed by atoms with Crippen LogP contribution in [0, 0.1) is 5.82 Å². The molecular weight excluding hydrogens is 527 g/mol. The van der Waals surface area contributed by atoms with Crippen LogP contribution in [0.3, 0.4) is 0 Å². The SMILES string of the molecule is CCN1Cc2c(OC)c3c(=O)n4nc(c3n2C(C)C1)N(C)S(=O)(=O)CCCCNC(=O)c1cc(F)ccc1C4. The largest absolute Gasteiger partial charge is 0.494 e.